The maximum Gasteiger partial charge on any atom is 0.259 e. The van der Waals surface area contributed by atoms with Gasteiger partial charge in [-0.2, -0.15) is 5.10 Å². The monoisotopic (exact) mass is 339 g/mol. The quantitative estimate of drug-likeness (QED) is 0.868. The second-order valence-corrected chi connectivity index (χ2v) is 7.34. The fourth-order valence-corrected chi connectivity index (χ4v) is 3.96. The first-order valence-electron chi connectivity index (χ1n) is 7.57. The van der Waals surface area contributed by atoms with E-state index in [4.69, 9.17) is 4.74 Å². The molecule has 2 atom stereocenters. The van der Waals surface area contributed by atoms with Crippen LogP contribution in [-0.2, 0) is 28.4 Å². The van der Waals surface area contributed by atoms with Crippen LogP contribution in [0.1, 0.15) is 30.8 Å². The van der Waals surface area contributed by atoms with Crippen molar-refractivity contribution in [2.24, 2.45) is 7.05 Å². The molecule has 0 saturated carbocycles. The van der Waals surface area contributed by atoms with Gasteiger partial charge in [0.05, 0.1) is 12.2 Å². The number of imidazole rings is 1. The Labute approximate surface area is 135 Å². The minimum Gasteiger partial charge on any atom is -0.372 e. The summed E-state index contributed by atoms with van der Waals surface area (Å²) in [5.41, 5.74) is 0.884. The van der Waals surface area contributed by atoms with Crippen molar-refractivity contribution in [2.75, 3.05) is 6.61 Å². The summed E-state index contributed by atoms with van der Waals surface area (Å²) in [6.45, 7) is 5.03. The molecule has 0 bridgehead atoms. The van der Waals surface area contributed by atoms with Crippen molar-refractivity contribution >= 4 is 10.0 Å². The Morgan fingerprint density at radius 1 is 1.43 bits per heavy atom. The van der Waals surface area contributed by atoms with Gasteiger partial charge in [0.1, 0.15) is 11.9 Å². The molecular formula is C14H21N5O3S. The van der Waals surface area contributed by atoms with E-state index < -0.39 is 10.0 Å². The minimum absolute atomic E-state index is 0.0346. The number of aromatic nitrogens is 4. The Bertz CT molecular complexity index is 776. The van der Waals surface area contributed by atoms with Crippen LogP contribution in [0.25, 0.3) is 0 Å². The van der Waals surface area contributed by atoms with Gasteiger partial charge in [-0.25, -0.2) is 18.1 Å². The third kappa shape index (κ3) is 3.17. The summed E-state index contributed by atoms with van der Waals surface area (Å²) >= 11 is 0. The first-order valence-corrected chi connectivity index (χ1v) is 9.05. The molecule has 9 heteroatoms. The fraction of sp³-hybridized carbons (Fsp3) is 0.571. The van der Waals surface area contributed by atoms with Gasteiger partial charge in [0.25, 0.3) is 10.0 Å². The van der Waals surface area contributed by atoms with Gasteiger partial charge in [0.2, 0.25) is 0 Å². The zero-order chi connectivity index (χ0) is 16.6. The van der Waals surface area contributed by atoms with Crippen molar-refractivity contribution in [1.29, 1.82) is 0 Å². The Hall–Kier alpha value is -1.71. The molecule has 23 heavy (non-hydrogen) atoms. The summed E-state index contributed by atoms with van der Waals surface area (Å²) in [4.78, 5) is 4.09. The van der Waals surface area contributed by atoms with E-state index in [0.29, 0.717) is 18.9 Å². The summed E-state index contributed by atoms with van der Waals surface area (Å²) in [6, 6.07) is -0.322. The van der Waals surface area contributed by atoms with Gasteiger partial charge in [-0.3, -0.25) is 4.68 Å². The van der Waals surface area contributed by atoms with Crippen LogP contribution in [0.2, 0.25) is 0 Å². The summed E-state index contributed by atoms with van der Waals surface area (Å²) in [6.07, 6.45) is 5.42. The van der Waals surface area contributed by atoms with Gasteiger partial charge >= 0.3 is 0 Å². The second kappa shape index (κ2) is 6.06. The second-order valence-electron chi connectivity index (χ2n) is 5.67. The molecule has 2 aromatic rings. The molecule has 1 aliphatic heterocycles. The zero-order valence-corrected chi connectivity index (χ0v) is 14.2. The Balaban J connectivity index is 1.80. The van der Waals surface area contributed by atoms with Gasteiger partial charge in [-0.15, -0.1) is 0 Å². The predicted octanol–water partition coefficient (Wildman–Crippen LogP) is 0.753. The average molecular weight is 339 g/mol. The van der Waals surface area contributed by atoms with Crippen LogP contribution in [-0.4, -0.2) is 40.4 Å². The third-order valence-corrected chi connectivity index (χ3v) is 5.43. The molecule has 0 unspecified atom stereocenters. The molecule has 1 fully saturated rings. The largest absolute Gasteiger partial charge is 0.372 e. The number of hydrogen-bond donors (Lipinski definition) is 1. The molecule has 8 nitrogen and oxygen atoms in total. The zero-order valence-electron chi connectivity index (χ0n) is 13.4. The van der Waals surface area contributed by atoms with E-state index in [1.165, 1.54) is 6.20 Å². The maximum atomic E-state index is 12.5. The van der Waals surface area contributed by atoms with E-state index in [1.54, 1.807) is 29.4 Å². The van der Waals surface area contributed by atoms with Crippen molar-refractivity contribution in [3.05, 3.63) is 30.0 Å². The van der Waals surface area contributed by atoms with Crippen LogP contribution in [0.3, 0.4) is 0 Å². The first kappa shape index (κ1) is 16.2. The van der Waals surface area contributed by atoms with Gasteiger partial charge in [-0.1, -0.05) is 0 Å². The van der Waals surface area contributed by atoms with E-state index >= 15 is 0 Å². The summed E-state index contributed by atoms with van der Waals surface area (Å²) in [5.74, 6) is 0.647. The van der Waals surface area contributed by atoms with Gasteiger partial charge in [0, 0.05) is 38.2 Å². The summed E-state index contributed by atoms with van der Waals surface area (Å²) in [5, 5.41) is 4.26. The number of sulfonamides is 1. The van der Waals surface area contributed by atoms with Gasteiger partial charge in [0.15, 0.2) is 5.03 Å². The van der Waals surface area contributed by atoms with Gasteiger partial charge in [-0.05, 0) is 20.3 Å². The molecule has 3 heterocycles. The lowest BCUT2D eigenvalue weighted by Crippen LogP contribution is -2.36. The summed E-state index contributed by atoms with van der Waals surface area (Å²) in [7, 11) is -1.91. The smallest absolute Gasteiger partial charge is 0.259 e. The van der Waals surface area contributed by atoms with E-state index in [1.807, 2.05) is 13.1 Å². The highest BCUT2D eigenvalue weighted by Gasteiger charge is 2.35. The van der Waals surface area contributed by atoms with Crippen molar-refractivity contribution in [3.63, 3.8) is 0 Å². The SMILES string of the molecule is CCn1cc([C@H]2OCC[C@@H]2NS(=O)(=O)c2cn(C)c(C)n2)cn1. The van der Waals surface area contributed by atoms with Crippen molar-refractivity contribution < 1.29 is 13.2 Å². The van der Waals surface area contributed by atoms with Crippen molar-refractivity contribution in [2.45, 2.75) is 44.0 Å². The van der Waals surface area contributed by atoms with Crippen LogP contribution in [0.15, 0.2) is 23.6 Å². The van der Waals surface area contributed by atoms with Crippen molar-refractivity contribution in [1.82, 2.24) is 24.1 Å². The number of rotatable bonds is 5. The number of hydrogen-bond acceptors (Lipinski definition) is 5. The van der Waals surface area contributed by atoms with Crippen LogP contribution in [0, 0.1) is 6.92 Å². The number of aryl methyl sites for hydroxylation is 3. The number of nitrogens with one attached hydrogen (secondary N) is 1. The molecule has 0 aromatic carbocycles. The highest BCUT2D eigenvalue weighted by atomic mass is 32.2. The molecule has 0 radical (unpaired) electrons. The molecule has 1 N–H and O–H groups in total. The van der Waals surface area contributed by atoms with Crippen LogP contribution in [0.4, 0.5) is 0 Å². The molecule has 126 valence electrons. The van der Waals surface area contributed by atoms with Crippen molar-refractivity contribution in [3.8, 4) is 0 Å². The molecular weight excluding hydrogens is 318 g/mol. The number of nitrogens with zero attached hydrogens (tertiary/aromatic N) is 4. The third-order valence-electron chi connectivity index (χ3n) is 4.07. The van der Waals surface area contributed by atoms with Crippen LogP contribution >= 0.6 is 0 Å². The highest BCUT2D eigenvalue weighted by Crippen LogP contribution is 2.30. The molecule has 1 aliphatic rings. The van der Waals surface area contributed by atoms with Crippen LogP contribution < -0.4 is 4.72 Å². The molecule has 1 saturated heterocycles. The number of ether oxygens (including phenoxy) is 1. The lowest BCUT2D eigenvalue weighted by atomic mass is 10.1. The fourth-order valence-electron chi connectivity index (χ4n) is 2.65. The van der Waals surface area contributed by atoms with E-state index in [-0.39, 0.29) is 17.2 Å². The topological polar surface area (TPSA) is 91.0 Å². The van der Waals surface area contributed by atoms with E-state index in [0.717, 1.165) is 12.1 Å². The highest BCUT2D eigenvalue weighted by molar-refractivity contribution is 7.89. The first-order chi connectivity index (χ1) is 10.9. The molecule has 0 amide bonds. The molecule has 3 rings (SSSR count). The molecule has 2 aromatic heterocycles. The molecule has 0 spiro atoms. The average Bonchev–Trinajstić information content (AvgIpc) is 3.19. The summed E-state index contributed by atoms with van der Waals surface area (Å²) < 4.78 is 37.0. The van der Waals surface area contributed by atoms with E-state index in [2.05, 4.69) is 14.8 Å². The van der Waals surface area contributed by atoms with Gasteiger partial charge < -0.3 is 9.30 Å². The lowest BCUT2D eigenvalue weighted by molar-refractivity contribution is 0.102. The lowest BCUT2D eigenvalue weighted by Gasteiger charge is -2.18. The Kier molecular flexibility index (Phi) is 4.26. The Morgan fingerprint density at radius 2 is 2.22 bits per heavy atom. The normalized spacial score (nSPS) is 21.9. The van der Waals surface area contributed by atoms with E-state index in [9.17, 15) is 8.42 Å². The predicted molar refractivity (Wildman–Crippen MR) is 83.3 cm³/mol. The van der Waals surface area contributed by atoms with Crippen LogP contribution in [0.5, 0.6) is 0 Å². The Morgan fingerprint density at radius 3 is 2.83 bits per heavy atom. The minimum atomic E-state index is -3.67. The standard InChI is InChI=1S/C14H21N5O3S/c1-4-19-8-11(7-15-19)14-12(5-6-22-14)17-23(20,21)13-9-18(3)10(2)16-13/h7-9,12,14,17H,4-6H2,1-3H3/t12-,14+/m0/s1. The molecule has 0 aliphatic carbocycles. The maximum absolute atomic E-state index is 12.5.